The number of aromatic nitrogens is 3. The molecule has 1 heterocycles. The van der Waals surface area contributed by atoms with E-state index in [1.165, 1.54) is 12.8 Å². The molecule has 1 fully saturated rings. The fourth-order valence-electron chi connectivity index (χ4n) is 1.51. The summed E-state index contributed by atoms with van der Waals surface area (Å²) in [5.41, 5.74) is 5.50. The van der Waals surface area contributed by atoms with Crippen LogP contribution in [0.25, 0.3) is 0 Å². The van der Waals surface area contributed by atoms with Crippen LogP contribution in [-0.2, 0) is 0 Å². The summed E-state index contributed by atoms with van der Waals surface area (Å²) in [7, 11) is 0. The molecule has 2 rings (SSSR count). The Kier molecular flexibility index (Phi) is 5.29. The summed E-state index contributed by atoms with van der Waals surface area (Å²) < 4.78 is 1.92. The van der Waals surface area contributed by atoms with Gasteiger partial charge < -0.3 is 5.73 Å². The molecule has 0 aromatic carbocycles. The summed E-state index contributed by atoms with van der Waals surface area (Å²) in [5.74, 6) is 0.712. The van der Waals surface area contributed by atoms with Gasteiger partial charge in [0, 0.05) is 0 Å². The Morgan fingerprint density at radius 1 is 1.38 bits per heavy atom. The van der Waals surface area contributed by atoms with Gasteiger partial charge in [0.25, 0.3) is 0 Å². The lowest BCUT2D eigenvalue weighted by atomic mass is 9.80. The van der Waals surface area contributed by atoms with Crippen molar-refractivity contribution in [3.63, 3.8) is 0 Å². The van der Waals surface area contributed by atoms with Crippen LogP contribution in [0.2, 0.25) is 0 Å². The van der Waals surface area contributed by atoms with Crippen LogP contribution >= 0.6 is 24.8 Å². The van der Waals surface area contributed by atoms with Gasteiger partial charge in [0.05, 0.1) is 6.04 Å². The summed E-state index contributed by atoms with van der Waals surface area (Å²) in [5, 5.41) is 4.07. The van der Waals surface area contributed by atoms with E-state index in [1.807, 2.05) is 4.68 Å². The van der Waals surface area contributed by atoms with Crippen LogP contribution in [-0.4, -0.2) is 21.3 Å². The summed E-state index contributed by atoms with van der Waals surface area (Å²) in [6.07, 6.45) is 5.69. The van der Waals surface area contributed by atoms with E-state index < -0.39 is 0 Å². The lowest BCUT2D eigenvalue weighted by molar-refractivity contribution is 0.189. The zero-order valence-corrected chi connectivity index (χ0v) is 8.80. The smallest absolute Gasteiger partial charge is 0.137 e. The Morgan fingerprint density at radius 2 is 2.08 bits per heavy atom. The number of nitrogens with two attached hydrogens (primary N) is 1. The fourth-order valence-corrected chi connectivity index (χ4v) is 1.51. The highest BCUT2D eigenvalue weighted by molar-refractivity contribution is 5.85. The first-order chi connectivity index (χ1) is 5.40. The van der Waals surface area contributed by atoms with Gasteiger partial charge in [-0.25, -0.2) is 9.67 Å². The van der Waals surface area contributed by atoms with E-state index in [0.29, 0.717) is 12.0 Å². The first kappa shape index (κ1) is 12.7. The third kappa shape index (κ3) is 2.56. The fraction of sp³-hybridized carbons (Fsp3) is 0.714. The molecule has 0 aliphatic heterocycles. The van der Waals surface area contributed by atoms with Gasteiger partial charge >= 0.3 is 0 Å². The first-order valence-corrected chi connectivity index (χ1v) is 3.94. The van der Waals surface area contributed by atoms with Crippen molar-refractivity contribution >= 4 is 24.8 Å². The van der Waals surface area contributed by atoms with Crippen LogP contribution in [0.4, 0.5) is 0 Å². The van der Waals surface area contributed by atoms with E-state index >= 15 is 0 Å². The Labute approximate surface area is 89.7 Å². The highest BCUT2D eigenvalue weighted by atomic mass is 35.5. The van der Waals surface area contributed by atoms with Crippen molar-refractivity contribution in [2.75, 3.05) is 6.54 Å². The molecule has 1 aliphatic carbocycles. The Bertz CT molecular complexity index is 220. The van der Waals surface area contributed by atoms with E-state index in [4.69, 9.17) is 5.73 Å². The molecule has 1 aliphatic rings. The van der Waals surface area contributed by atoms with E-state index in [2.05, 4.69) is 10.1 Å². The molecule has 0 saturated heterocycles. The lowest BCUT2D eigenvalue weighted by Crippen LogP contribution is -2.32. The SMILES string of the molecule is Cl.Cl.NCC1CC(n2cncn2)C1. The highest BCUT2D eigenvalue weighted by Crippen LogP contribution is 2.35. The molecule has 6 heteroatoms. The van der Waals surface area contributed by atoms with Gasteiger partial charge in [0.1, 0.15) is 12.7 Å². The number of halogens is 2. The summed E-state index contributed by atoms with van der Waals surface area (Å²) >= 11 is 0. The van der Waals surface area contributed by atoms with Gasteiger partial charge in [-0.05, 0) is 25.3 Å². The van der Waals surface area contributed by atoms with Gasteiger partial charge in [0.15, 0.2) is 0 Å². The van der Waals surface area contributed by atoms with Crippen LogP contribution < -0.4 is 5.73 Å². The zero-order valence-electron chi connectivity index (χ0n) is 7.17. The molecule has 1 aromatic rings. The zero-order chi connectivity index (χ0) is 7.68. The second-order valence-electron chi connectivity index (χ2n) is 3.10. The standard InChI is InChI=1S/C7H12N4.2ClH/c8-3-6-1-7(2-6)11-5-9-4-10-11;;/h4-7H,1-3,8H2;2*1H. The van der Waals surface area contributed by atoms with Crippen LogP contribution in [0, 0.1) is 5.92 Å². The average molecular weight is 225 g/mol. The van der Waals surface area contributed by atoms with Crippen molar-refractivity contribution in [3.8, 4) is 0 Å². The van der Waals surface area contributed by atoms with Crippen molar-refractivity contribution < 1.29 is 0 Å². The van der Waals surface area contributed by atoms with Gasteiger partial charge in [-0.15, -0.1) is 24.8 Å². The van der Waals surface area contributed by atoms with Crippen molar-refractivity contribution in [3.05, 3.63) is 12.7 Å². The molecule has 1 saturated carbocycles. The lowest BCUT2D eigenvalue weighted by Gasteiger charge is -2.33. The second kappa shape index (κ2) is 5.42. The van der Waals surface area contributed by atoms with Gasteiger partial charge in [-0.3, -0.25) is 0 Å². The molecule has 0 atom stereocenters. The first-order valence-electron chi connectivity index (χ1n) is 3.94. The van der Waals surface area contributed by atoms with Gasteiger partial charge in [0.2, 0.25) is 0 Å². The number of hydrogen-bond donors (Lipinski definition) is 1. The van der Waals surface area contributed by atoms with E-state index in [9.17, 15) is 0 Å². The molecule has 0 bridgehead atoms. The number of nitrogens with zero attached hydrogens (tertiary/aromatic N) is 3. The molecule has 76 valence electrons. The number of rotatable bonds is 2. The normalized spacial score (nSPS) is 25.3. The van der Waals surface area contributed by atoms with Crippen LogP contribution in [0.5, 0.6) is 0 Å². The molecule has 2 N–H and O–H groups in total. The summed E-state index contributed by atoms with van der Waals surface area (Å²) in [6.45, 7) is 0.811. The molecule has 0 spiro atoms. The third-order valence-corrected chi connectivity index (χ3v) is 2.35. The maximum Gasteiger partial charge on any atom is 0.137 e. The third-order valence-electron chi connectivity index (χ3n) is 2.35. The van der Waals surface area contributed by atoms with Crippen molar-refractivity contribution in [1.29, 1.82) is 0 Å². The molecule has 4 nitrogen and oxygen atoms in total. The molecule has 0 radical (unpaired) electrons. The van der Waals surface area contributed by atoms with Crippen LogP contribution in [0.3, 0.4) is 0 Å². The predicted octanol–water partition coefficient (Wildman–Crippen LogP) is 1.03. The quantitative estimate of drug-likeness (QED) is 0.817. The Morgan fingerprint density at radius 3 is 2.54 bits per heavy atom. The summed E-state index contributed by atoms with van der Waals surface area (Å²) in [6, 6.07) is 0.561. The minimum Gasteiger partial charge on any atom is -0.330 e. The molecule has 13 heavy (non-hydrogen) atoms. The minimum atomic E-state index is 0. The molecule has 0 amide bonds. The summed E-state index contributed by atoms with van der Waals surface area (Å²) in [4.78, 5) is 3.90. The van der Waals surface area contributed by atoms with Crippen LogP contribution in [0.15, 0.2) is 12.7 Å². The predicted molar refractivity (Wildman–Crippen MR) is 55.3 cm³/mol. The topological polar surface area (TPSA) is 56.7 Å². The van der Waals surface area contributed by atoms with Crippen molar-refractivity contribution in [2.45, 2.75) is 18.9 Å². The van der Waals surface area contributed by atoms with E-state index in [1.54, 1.807) is 12.7 Å². The highest BCUT2D eigenvalue weighted by Gasteiger charge is 2.29. The molecule has 0 unspecified atom stereocenters. The maximum atomic E-state index is 5.50. The monoisotopic (exact) mass is 224 g/mol. The molecular formula is C7H14Cl2N4. The van der Waals surface area contributed by atoms with Crippen molar-refractivity contribution in [1.82, 2.24) is 14.8 Å². The Balaban J connectivity index is 0.000000720. The largest absolute Gasteiger partial charge is 0.330 e. The Hall–Kier alpha value is -0.320. The van der Waals surface area contributed by atoms with Gasteiger partial charge in [-0.1, -0.05) is 0 Å². The average Bonchev–Trinajstić information content (AvgIpc) is 2.37. The van der Waals surface area contributed by atoms with Gasteiger partial charge in [-0.2, -0.15) is 5.10 Å². The minimum absolute atomic E-state index is 0. The van der Waals surface area contributed by atoms with Crippen molar-refractivity contribution in [2.24, 2.45) is 11.7 Å². The molecular weight excluding hydrogens is 211 g/mol. The maximum absolute atomic E-state index is 5.50. The van der Waals surface area contributed by atoms with E-state index in [-0.39, 0.29) is 24.8 Å². The second-order valence-corrected chi connectivity index (χ2v) is 3.10. The number of hydrogen-bond acceptors (Lipinski definition) is 3. The van der Waals surface area contributed by atoms with Crippen LogP contribution in [0.1, 0.15) is 18.9 Å². The van der Waals surface area contributed by atoms with E-state index in [0.717, 1.165) is 6.54 Å². The molecule has 1 aromatic heterocycles.